The van der Waals surface area contributed by atoms with Crippen LogP contribution >= 0.6 is 0 Å². The van der Waals surface area contributed by atoms with E-state index in [0.717, 1.165) is 16.8 Å². The monoisotopic (exact) mass is 304 g/mol. The van der Waals surface area contributed by atoms with E-state index < -0.39 is 0 Å². The van der Waals surface area contributed by atoms with Crippen LogP contribution in [0.1, 0.15) is 26.3 Å². The normalized spacial score (nSPS) is 11.7. The van der Waals surface area contributed by atoms with Gasteiger partial charge < -0.3 is 4.90 Å². The fraction of sp³-hybridized carbons (Fsp3) is 0.286. The highest BCUT2D eigenvalue weighted by Crippen LogP contribution is 2.27. The van der Waals surface area contributed by atoms with Crippen LogP contribution in [0.4, 0.5) is 5.69 Å². The zero-order valence-corrected chi connectivity index (χ0v) is 14.6. The summed E-state index contributed by atoms with van der Waals surface area (Å²) in [5, 5.41) is 1.20. The minimum absolute atomic E-state index is 0.162. The summed E-state index contributed by atoms with van der Waals surface area (Å²) >= 11 is 0. The van der Waals surface area contributed by atoms with Gasteiger partial charge >= 0.3 is 0 Å². The van der Waals surface area contributed by atoms with Gasteiger partial charge in [0.05, 0.1) is 11.2 Å². The second-order valence-corrected chi connectivity index (χ2v) is 7.30. The maximum absolute atomic E-state index is 4.83. The molecule has 0 aliphatic rings. The Morgan fingerprint density at radius 3 is 2.13 bits per heavy atom. The first-order valence-corrected chi connectivity index (χ1v) is 8.04. The Morgan fingerprint density at radius 2 is 1.52 bits per heavy atom. The number of hydrogen-bond donors (Lipinski definition) is 0. The van der Waals surface area contributed by atoms with Gasteiger partial charge in [0, 0.05) is 30.7 Å². The molecule has 0 radical (unpaired) electrons. The van der Waals surface area contributed by atoms with Gasteiger partial charge in [-0.1, -0.05) is 45.0 Å². The standard InChI is InChI=1S/C21H24N2/c1-21(2,3)17-9-13-20-16(14-17)8-12-19(22-20)15-6-10-18(11-7-15)23(4)5/h6-14H,1-5H3. The van der Waals surface area contributed by atoms with Crippen LogP contribution in [0.3, 0.4) is 0 Å². The Bertz CT molecular complexity index is 825. The number of hydrogen-bond acceptors (Lipinski definition) is 2. The van der Waals surface area contributed by atoms with E-state index in [1.807, 2.05) is 0 Å². The van der Waals surface area contributed by atoms with Crippen LogP contribution < -0.4 is 4.90 Å². The summed E-state index contributed by atoms with van der Waals surface area (Å²) in [6, 6.07) is 19.4. The first kappa shape index (κ1) is 15.5. The van der Waals surface area contributed by atoms with Crippen LogP contribution in [-0.4, -0.2) is 19.1 Å². The summed E-state index contributed by atoms with van der Waals surface area (Å²) in [6.07, 6.45) is 0. The Labute approximate surface area is 138 Å². The van der Waals surface area contributed by atoms with Crippen molar-refractivity contribution in [1.29, 1.82) is 0 Å². The van der Waals surface area contributed by atoms with E-state index in [2.05, 4.69) is 94.4 Å². The third-order valence-electron chi connectivity index (χ3n) is 4.23. The Balaban J connectivity index is 2.00. The molecular weight excluding hydrogens is 280 g/mol. The quantitative estimate of drug-likeness (QED) is 0.641. The molecule has 0 saturated carbocycles. The minimum Gasteiger partial charge on any atom is -0.378 e. The highest BCUT2D eigenvalue weighted by molar-refractivity contribution is 5.82. The number of fused-ring (bicyclic) bond motifs is 1. The molecule has 0 spiro atoms. The average Bonchev–Trinajstić information content (AvgIpc) is 2.53. The van der Waals surface area contributed by atoms with Gasteiger partial charge in [-0.25, -0.2) is 4.98 Å². The summed E-state index contributed by atoms with van der Waals surface area (Å²) in [4.78, 5) is 6.93. The predicted octanol–water partition coefficient (Wildman–Crippen LogP) is 5.27. The molecule has 0 fully saturated rings. The molecule has 0 saturated heterocycles. The van der Waals surface area contributed by atoms with Crippen molar-refractivity contribution in [2.24, 2.45) is 0 Å². The van der Waals surface area contributed by atoms with Crippen molar-refractivity contribution in [2.45, 2.75) is 26.2 Å². The van der Waals surface area contributed by atoms with Gasteiger partial charge in [0.25, 0.3) is 0 Å². The predicted molar refractivity (Wildman–Crippen MR) is 100 cm³/mol. The summed E-state index contributed by atoms with van der Waals surface area (Å²) in [5.74, 6) is 0. The van der Waals surface area contributed by atoms with E-state index in [9.17, 15) is 0 Å². The first-order chi connectivity index (χ1) is 10.8. The van der Waals surface area contributed by atoms with Gasteiger partial charge in [0.15, 0.2) is 0 Å². The van der Waals surface area contributed by atoms with Crippen molar-refractivity contribution < 1.29 is 0 Å². The second-order valence-electron chi connectivity index (χ2n) is 7.30. The summed E-state index contributed by atoms with van der Waals surface area (Å²) in [7, 11) is 4.10. The van der Waals surface area contributed by atoms with E-state index in [-0.39, 0.29) is 5.41 Å². The lowest BCUT2D eigenvalue weighted by Gasteiger charge is -2.19. The topological polar surface area (TPSA) is 16.1 Å². The van der Waals surface area contributed by atoms with Crippen molar-refractivity contribution in [2.75, 3.05) is 19.0 Å². The van der Waals surface area contributed by atoms with Crippen LogP contribution in [0.25, 0.3) is 22.2 Å². The van der Waals surface area contributed by atoms with Crippen molar-refractivity contribution in [3.63, 3.8) is 0 Å². The Morgan fingerprint density at radius 1 is 0.826 bits per heavy atom. The summed E-state index contributed by atoms with van der Waals surface area (Å²) in [5.41, 5.74) is 5.92. The number of pyridine rings is 1. The molecule has 2 heteroatoms. The lowest BCUT2D eigenvalue weighted by atomic mass is 9.86. The number of anilines is 1. The van der Waals surface area contributed by atoms with Crippen molar-refractivity contribution in [1.82, 2.24) is 4.98 Å². The van der Waals surface area contributed by atoms with Crippen LogP contribution in [0, 0.1) is 0 Å². The van der Waals surface area contributed by atoms with Gasteiger partial charge in [-0.05, 0) is 41.3 Å². The zero-order chi connectivity index (χ0) is 16.6. The van der Waals surface area contributed by atoms with Crippen LogP contribution in [0.2, 0.25) is 0 Å². The van der Waals surface area contributed by atoms with E-state index in [1.165, 1.54) is 16.6 Å². The van der Waals surface area contributed by atoms with Gasteiger partial charge in [-0.2, -0.15) is 0 Å². The fourth-order valence-corrected chi connectivity index (χ4v) is 2.68. The lowest BCUT2D eigenvalue weighted by Crippen LogP contribution is -2.10. The van der Waals surface area contributed by atoms with E-state index >= 15 is 0 Å². The van der Waals surface area contributed by atoms with Gasteiger partial charge in [-0.15, -0.1) is 0 Å². The molecule has 3 rings (SSSR count). The Hall–Kier alpha value is -2.35. The molecule has 0 aliphatic carbocycles. The molecular formula is C21H24N2. The van der Waals surface area contributed by atoms with Gasteiger partial charge in [-0.3, -0.25) is 0 Å². The molecule has 118 valence electrons. The molecule has 0 aliphatic heterocycles. The first-order valence-electron chi connectivity index (χ1n) is 8.04. The highest BCUT2D eigenvalue weighted by Gasteiger charge is 2.14. The van der Waals surface area contributed by atoms with E-state index in [1.54, 1.807) is 0 Å². The molecule has 2 nitrogen and oxygen atoms in total. The van der Waals surface area contributed by atoms with Crippen LogP contribution in [0.5, 0.6) is 0 Å². The molecule has 0 amide bonds. The summed E-state index contributed by atoms with van der Waals surface area (Å²) < 4.78 is 0. The molecule has 1 heterocycles. The molecule has 0 atom stereocenters. The molecule has 0 bridgehead atoms. The molecule has 1 aromatic heterocycles. The molecule has 2 aromatic carbocycles. The number of nitrogens with zero attached hydrogens (tertiary/aromatic N) is 2. The number of benzene rings is 2. The third kappa shape index (κ3) is 3.21. The lowest BCUT2D eigenvalue weighted by molar-refractivity contribution is 0.591. The van der Waals surface area contributed by atoms with Crippen LogP contribution in [0.15, 0.2) is 54.6 Å². The van der Waals surface area contributed by atoms with E-state index in [0.29, 0.717) is 0 Å². The second kappa shape index (κ2) is 5.69. The van der Waals surface area contributed by atoms with Gasteiger partial charge in [0.1, 0.15) is 0 Å². The smallest absolute Gasteiger partial charge is 0.0709 e. The van der Waals surface area contributed by atoms with Crippen molar-refractivity contribution >= 4 is 16.6 Å². The largest absolute Gasteiger partial charge is 0.378 e. The number of rotatable bonds is 2. The maximum Gasteiger partial charge on any atom is 0.0709 e. The van der Waals surface area contributed by atoms with Crippen molar-refractivity contribution in [3.05, 3.63) is 60.2 Å². The zero-order valence-electron chi connectivity index (χ0n) is 14.6. The molecule has 23 heavy (non-hydrogen) atoms. The Kier molecular flexibility index (Phi) is 3.85. The van der Waals surface area contributed by atoms with Gasteiger partial charge in [0.2, 0.25) is 0 Å². The number of aromatic nitrogens is 1. The molecule has 0 unspecified atom stereocenters. The average molecular weight is 304 g/mol. The molecule has 3 aromatic rings. The molecule has 0 N–H and O–H groups in total. The minimum atomic E-state index is 0.162. The summed E-state index contributed by atoms with van der Waals surface area (Å²) in [6.45, 7) is 6.72. The van der Waals surface area contributed by atoms with Crippen LogP contribution in [-0.2, 0) is 5.41 Å². The fourth-order valence-electron chi connectivity index (χ4n) is 2.68. The highest BCUT2D eigenvalue weighted by atomic mass is 15.1. The third-order valence-corrected chi connectivity index (χ3v) is 4.23. The SMILES string of the molecule is CN(C)c1ccc(-c2ccc3cc(C(C)(C)C)ccc3n2)cc1. The van der Waals surface area contributed by atoms with E-state index in [4.69, 9.17) is 4.98 Å². The van der Waals surface area contributed by atoms with Crippen molar-refractivity contribution in [3.8, 4) is 11.3 Å². The maximum atomic E-state index is 4.83.